The summed E-state index contributed by atoms with van der Waals surface area (Å²) in [5.41, 5.74) is 5.83. The van der Waals surface area contributed by atoms with Gasteiger partial charge in [-0.3, -0.25) is 19.3 Å². The molecule has 4 aliphatic rings. The molecule has 3 amide bonds. The van der Waals surface area contributed by atoms with Crippen molar-refractivity contribution in [3.05, 3.63) is 12.2 Å². The van der Waals surface area contributed by atoms with Gasteiger partial charge in [-0.2, -0.15) is 0 Å². The number of nitrogens with two attached hydrogens (primary N) is 1. The normalized spacial score (nSPS) is 39.3. The van der Waals surface area contributed by atoms with Gasteiger partial charge in [-0.05, 0) is 37.5 Å². The Balaban J connectivity index is 0.00000169. The van der Waals surface area contributed by atoms with Gasteiger partial charge >= 0.3 is 0 Å². The van der Waals surface area contributed by atoms with Crippen LogP contribution in [0.15, 0.2) is 12.2 Å². The van der Waals surface area contributed by atoms with Gasteiger partial charge in [0.2, 0.25) is 17.7 Å². The zero-order chi connectivity index (χ0) is 16.1. The lowest BCUT2D eigenvalue weighted by Gasteiger charge is -2.18. The highest BCUT2D eigenvalue weighted by atomic mass is 35.5. The zero-order valence-electron chi connectivity index (χ0n) is 13.5. The van der Waals surface area contributed by atoms with E-state index in [0.29, 0.717) is 6.54 Å². The van der Waals surface area contributed by atoms with Crippen molar-refractivity contribution >= 4 is 30.1 Å². The topological polar surface area (TPSA) is 92.5 Å². The molecule has 1 saturated heterocycles. The second kappa shape index (κ2) is 6.48. The summed E-state index contributed by atoms with van der Waals surface area (Å²) in [4.78, 5) is 38.4. The van der Waals surface area contributed by atoms with Crippen molar-refractivity contribution in [2.45, 2.75) is 31.7 Å². The van der Waals surface area contributed by atoms with Gasteiger partial charge < -0.3 is 11.1 Å². The largest absolute Gasteiger partial charge is 0.354 e. The Hall–Kier alpha value is -1.40. The number of allylic oxidation sites excluding steroid dienone is 2. The Labute approximate surface area is 147 Å². The molecule has 1 heterocycles. The molecule has 0 radical (unpaired) electrons. The fraction of sp³-hybridized carbons (Fsp3) is 0.706. The molecule has 0 aromatic carbocycles. The first-order chi connectivity index (χ1) is 11.1. The highest BCUT2D eigenvalue weighted by molar-refractivity contribution is 6.06. The molecule has 4 rings (SSSR count). The van der Waals surface area contributed by atoms with Crippen molar-refractivity contribution in [2.24, 2.45) is 35.3 Å². The third kappa shape index (κ3) is 2.65. The zero-order valence-corrected chi connectivity index (χ0v) is 14.3. The molecule has 0 aromatic heterocycles. The molecule has 24 heavy (non-hydrogen) atoms. The van der Waals surface area contributed by atoms with E-state index in [1.807, 2.05) is 0 Å². The molecule has 6 nitrogen and oxygen atoms in total. The van der Waals surface area contributed by atoms with E-state index in [1.54, 1.807) is 0 Å². The van der Waals surface area contributed by atoms with Crippen molar-refractivity contribution in [3.63, 3.8) is 0 Å². The maximum absolute atomic E-state index is 12.5. The molecule has 0 spiro atoms. The van der Waals surface area contributed by atoms with Crippen LogP contribution in [0.2, 0.25) is 0 Å². The Bertz CT molecular complexity index is 564. The summed E-state index contributed by atoms with van der Waals surface area (Å²) in [5.74, 6) is 0.0560. The van der Waals surface area contributed by atoms with Crippen molar-refractivity contribution < 1.29 is 14.4 Å². The highest BCUT2D eigenvalue weighted by Crippen LogP contribution is 2.52. The van der Waals surface area contributed by atoms with Gasteiger partial charge in [-0.1, -0.05) is 12.2 Å². The lowest BCUT2D eigenvalue weighted by molar-refractivity contribution is -0.141. The standard InChI is InChI=1S/C17H23N3O3.ClH/c18-12-4-3-11(8-12)15(21)19-5-6-20-16(22)13-9-1-2-10(7-9)14(13)17(20)23;/h1-2,9-14H,3-8,18H2,(H,19,21);1H. The van der Waals surface area contributed by atoms with Gasteiger partial charge in [0.05, 0.1) is 11.8 Å². The highest BCUT2D eigenvalue weighted by Gasteiger charge is 2.58. The molecule has 7 heteroatoms. The summed E-state index contributed by atoms with van der Waals surface area (Å²) in [6.45, 7) is 0.624. The third-order valence-corrected chi connectivity index (χ3v) is 6.04. The molecular weight excluding hydrogens is 330 g/mol. The van der Waals surface area contributed by atoms with Crippen LogP contribution in [0.1, 0.15) is 25.7 Å². The van der Waals surface area contributed by atoms with Crippen LogP contribution < -0.4 is 11.1 Å². The molecule has 2 bridgehead atoms. The van der Waals surface area contributed by atoms with E-state index in [2.05, 4.69) is 17.5 Å². The molecule has 2 saturated carbocycles. The van der Waals surface area contributed by atoms with Crippen molar-refractivity contribution in [2.75, 3.05) is 13.1 Å². The van der Waals surface area contributed by atoms with E-state index >= 15 is 0 Å². The summed E-state index contributed by atoms with van der Waals surface area (Å²) in [7, 11) is 0. The predicted molar refractivity (Wildman–Crippen MR) is 90.0 cm³/mol. The van der Waals surface area contributed by atoms with E-state index in [4.69, 9.17) is 5.73 Å². The number of fused-ring (bicyclic) bond motifs is 5. The van der Waals surface area contributed by atoms with Crippen LogP contribution in [0.3, 0.4) is 0 Å². The average molecular weight is 354 g/mol. The minimum atomic E-state index is -0.152. The lowest BCUT2D eigenvalue weighted by Crippen LogP contribution is -2.41. The molecule has 6 unspecified atom stereocenters. The molecule has 0 aromatic rings. The molecular formula is C17H24ClN3O3. The average Bonchev–Trinajstić information content (AvgIpc) is 3.27. The molecule has 6 atom stereocenters. The van der Waals surface area contributed by atoms with Gasteiger partial charge in [0.15, 0.2) is 0 Å². The Morgan fingerprint density at radius 3 is 2.29 bits per heavy atom. The number of carbonyl (C=O) groups is 3. The fourth-order valence-electron chi connectivity index (χ4n) is 4.87. The number of nitrogens with one attached hydrogen (secondary N) is 1. The monoisotopic (exact) mass is 353 g/mol. The number of halogens is 1. The number of imide groups is 1. The quantitative estimate of drug-likeness (QED) is 0.567. The summed E-state index contributed by atoms with van der Waals surface area (Å²) < 4.78 is 0. The van der Waals surface area contributed by atoms with E-state index in [0.717, 1.165) is 25.7 Å². The van der Waals surface area contributed by atoms with Gasteiger partial charge in [0.25, 0.3) is 0 Å². The van der Waals surface area contributed by atoms with Crippen molar-refractivity contribution in [3.8, 4) is 0 Å². The number of nitrogens with zero attached hydrogens (tertiary/aromatic N) is 1. The van der Waals surface area contributed by atoms with Crippen molar-refractivity contribution in [1.82, 2.24) is 10.2 Å². The van der Waals surface area contributed by atoms with E-state index in [1.165, 1.54) is 4.90 Å². The van der Waals surface area contributed by atoms with E-state index in [-0.39, 0.29) is 72.3 Å². The van der Waals surface area contributed by atoms with Crippen LogP contribution in [-0.4, -0.2) is 41.8 Å². The number of rotatable bonds is 4. The van der Waals surface area contributed by atoms with Crippen molar-refractivity contribution in [1.29, 1.82) is 0 Å². The summed E-state index contributed by atoms with van der Waals surface area (Å²) in [6, 6.07) is 0.120. The van der Waals surface area contributed by atoms with Crippen LogP contribution in [0.5, 0.6) is 0 Å². The number of amides is 3. The summed E-state index contributed by atoms with van der Waals surface area (Å²) >= 11 is 0. The predicted octanol–water partition coefficient (Wildman–Crippen LogP) is 0.459. The van der Waals surface area contributed by atoms with Crippen LogP contribution in [0.25, 0.3) is 0 Å². The number of hydrogen-bond donors (Lipinski definition) is 2. The maximum atomic E-state index is 12.5. The van der Waals surface area contributed by atoms with Crippen LogP contribution in [0.4, 0.5) is 0 Å². The Kier molecular flexibility index (Phi) is 4.71. The van der Waals surface area contributed by atoms with Crippen LogP contribution in [0, 0.1) is 29.6 Å². The minimum Gasteiger partial charge on any atom is -0.354 e. The molecule has 3 N–H and O–H groups in total. The number of carbonyl (C=O) groups excluding carboxylic acids is 3. The first-order valence-electron chi connectivity index (χ1n) is 8.63. The van der Waals surface area contributed by atoms with E-state index in [9.17, 15) is 14.4 Å². The summed E-state index contributed by atoms with van der Waals surface area (Å²) in [5, 5.41) is 2.86. The third-order valence-electron chi connectivity index (χ3n) is 6.04. The minimum absolute atomic E-state index is 0. The van der Waals surface area contributed by atoms with Gasteiger partial charge in [-0.25, -0.2) is 0 Å². The number of hydrogen-bond acceptors (Lipinski definition) is 4. The van der Waals surface area contributed by atoms with E-state index < -0.39 is 0 Å². The van der Waals surface area contributed by atoms with Crippen LogP contribution in [-0.2, 0) is 14.4 Å². The van der Waals surface area contributed by atoms with Gasteiger partial charge in [0, 0.05) is 25.0 Å². The fourth-order valence-corrected chi connectivity index (χ4v) is 4.87. The molecule has 132 valence electrons. The summed E-state index contributed by atoms with van der Waals surface area (Å²) in [6.07, 6.45) is 7.57. The lowest BCUT2D eigenvalue weighted by atomic mass is 9.85. The maximum Gasteiger partial charge on any atom is 0.233 e. The van der Waals surface area contributed by atoms with Crippen LogP contribution >= 0.6 is 12.4 Å². The Morgan fingerprint density at radius 2 is 1.75 bits per heavy atom. The molecule has 1 aliphatic heterocycles. The number of likely N-dealkylation sites (tertiary alicyclic amines) is 1. The van der Waals surface area contributed by atoms with Gasteiger partial charge in [-0.15, -0.1) is 12.4 Å². The molecule has 3 fully saturated rings. The van der Waals surface area contributed by atoms with Gasteiger partial charge in [0.1, 0.15) is 0 Å². The SMILES string of the molecule is Cl.NC1CCC(C(=O)NCCN2C(=O)C3C4C=CC(C4)C3C2=O)C1. The molecule has 3 aliphatic carbocycles. The second-order valence-corrected chi connectivity index (χ2v) is 7.39. The first-order valence-corrected chi connectivity index (χ1v) is 8.63. The Morgan fingerprint density at radius 1 is 1.12 bits per heavy atom. The first kappa shape index (κ1) is 17.4. The second-order valence-electron chi connectivity index (χ2n) is 7.39. The smallest absolute Gasteiger partial charge is 0.233 e.